The van der Waals surface area contributed by atoms with Crippen molar-refractivity contribution in [2.45, 2.75) is 50.0 Å². The lowest BCUT2D eigenvalue weighted by Gasteiger charge is -2.28. The molecule has 2 heterocycles. The van der Waals surface area contributed by atoms with Crippen molar-refractivity contribution in [1.29, 1.82) is 0 Å². The molecule has 1 aliphatic rings. The number of aromatic nitrogens is 3. The summed E-state index contributed by atoms with van der Waals surface area (Å²) in [6.07, 6.45) is 3.52. The lowest BCUT2D eigenvalue weighted by Crippen LogP contribution is -2.40. The van der Waals surface area contributed by atoms with Gasteiger partial charge in [-0.1, -0.05) is 17.7 Å². The molecule has 0 bridgehead atoms. The maximum absolute atomic E-state index is 14.7. The van der Waals surface area contributed by atoms with Crippen LogP contribution in [0.3, 0.4) is 0 Å². The van der Waals surface area contributed by atoms with Gasteiger partial charge in [0.1, 0.15) is 35.7 Å². The summed E-state index contributed by atoms with van der Waals surface area (Å²) in [5, 5.41) is 39.3. The van der Waals surface area contributed by atoms with Crippen molar-refractivity contribution < 1.29 is 29.2 Å². The average Bonchev–Trinajstić information content (AvgIpc) is 3.63. The molecule has 0 radical (unpaired) electrons. The summed E-state index contributed by atoms with van der Waals surface area (Å²) in [5.41, 5.74) is 7.32. The number of carboxylic acids is 1. The SMILES string of the molecule is CNc1ncnc2c1ccn2[C@@H]1C[C@H](CN(CCCNCCc2ccc(Oc3ccc(Cl)cc3)c(F)c2)CCC(N)C(=O)O)[C@@H](O)[C@H]1O. The number of aliphatic hydroxyl groups excluding tert-OH is 2. The maximum atomic E-state index is 14.7. The summed E-state index contributed by atoms with van der Waals surface area (Å²) < 4.78 is 22.2. The zero-order valence-corrected chi connectivity index (χ0v) is 27.6. The van der Waals surface area contributed by atoms with Crippen LogP contribution in [-0.4, -0.2) is 98.7 Å². The fourth-order valence-corrected chi connectivity index (χ4v) is 6.39. The molecule has 5 rings (SSSR count). The average molecular weight is 684 g/mol. The van der Waals surface area contributed by atoms with Gasteiger partial charge in [-0.3, -0.25) is 4.79 Å². The van der Waals surface area contributed by atoms with Crippen LogP contribution >= 0.6 is 11.6 Å². The Labute approximate surface area is 283 Å². The molecule has 1 unspecified atom stereocenters. The topological polar surface area (TPSA) is 171 Å². The second-order valence-corrected chi connectivity index (χ2v) is 12.6. The molecule has 2 aromatic heterocycles. The fraction of sp³-hybridized carbons (Fsp3) is 0.441. The van der Waals surface area contributed by atoms with Gasteiger partial charge in [-0.25, -0.2) is 14.4 Å². The van der Waals surface area contributed by atoms with Crippen LogP contribution in [0.15, 0.2) is 61.1 Å². The molecular weight excluding hydrogens is 641 g/mol. The summed E-state index contributed by atoms with van der Waals surface area (Å²) >= 11 is 5.90. The minimum absolute atomic E-state index is 0.140. The first-order chi connectivity index (χ1) is 23.1. The van der Waals surface area contributed by atoms with Gasteiger partial charge in [0.2, 0.25) is 0 Å². The highest BCUT2D eigenvalue weighted by Crippen LogP contribution is 2.38. The van der Waals surface area contributed by atoms with Crippen LogP contribution in [0.25, 0.3) is 11.0 Å². The van der Waals surface area contributed by atoms with Gasteiger partial charge in [-0.15, -0.1) is 0 Å². The van der Waals surface area contributed by atoms with Gasteiger partial charge in [0, 0.05) is 37.3 Å². The van der Waals surface area contributed by atoms with Crippen LogP contribution in [-0.2, 0) is 11.2 Å². The highest BCUT2D eigenvalue weighted by Gasteiger charge is 2.43. The predicted molar refractivity (Wildman–Crippen MR) is 182 cm³/mol. The number of aliphatic hydroxyl groups is 2. The number of aliphatic carboxylic acids is 1. The molecule has 0 aliphatic heterocycles. The summed E-state index contributed by atoms with van der Waals surface area (Å²) in [6, 6.07) is 12.2. The number of halogens is 2. The van der Waals surface area contributed by atoms with Crippen molar-refractivity contribution in [3.8, 4) is 11.5 Å². The summed E-state index contributed by atoms with van der Waals surface area (Å²) in [5.74, 6) is -0.428. The van der Waals surface area contributed by atoms with Crippen molar-refractivity contribution in [3.63, 3.8) is 0 Å². The Kier molecular flexibility index (Phi) is 12.2. The molecule has 1 aliphatic carbocycles. The molecule has 0 amide bonds. The van der Waals surface area contributed by atoms with Crippen molar-refractivity contribution in [1.82, 2.24) is 24.8 Å². The van der Waals surface area contributed by atoms with Crippen molar-refractivity contribution in [2.75, 3.05) is 45.1 Å². The maximum Gasteiger partial charge on any atom is 0.320 e. The van der Waals surface area contributed by atoms with Crippen LogP contribution in [0.5, 0.6) is 11.5 Å². The number of nitrogens with one attached hydrogen (secondary N) is 2. The van der Waals surface area contributed by atoms with Gasteiger partial charge < -0.3 is 45.9 Å². The van der Waals surface area contributed by atoms with Crippen LogP contribution in [0.1, 0.15) is 30.9 Å². The number of carbonyl (C=O) groups is 1. The number of rotatable bonds is 17. The van der Waals surface area contributed by atoms with Crippen molar-refractivity contribution in [3.05, 3.63) is 77.5 Å². The van der Waals surface area contributed by atoms with Crippen LogP contribution < -0.4 is 21.1 Å². The highest BCUT2D eigenvalue weighted by molar-refractivity contribution is 6.30. The van der Waals surface area contributed by atoms with E-state index in [1.165, 1.54) is 12.4 Å². The molecule has 14 heteroatoms. The third kappa shape index (κ3) is 8.78. The van der Waals surface area contributed by atoms with E-state index in [2.05, 4.69) is 25.5 Å². The van der Waals surface area contributed by atoms with Gasteiger partial charge in [0.05, 0.1) is 17.5 Å². The first kappa shape index (κ1) is 35.5. The smallest absolute Gasteiger partial charge is 0.320 e. The lowest BCUT2D eigenvalue weighted by atomic mass is 10.0. The number of nitrogens with zero attached hydrogens (tertiary/aromatic N) is 4. The molecule has 4 aromatic rings. The second-order valence-electron chi connectivity index (χ2n) is 12.2. The number of hydrogen-bond donors (Lipinski definition) is 6. The molecule has 48 heavy (non-hydrogen) atoms. The fourth-order valence-electron chi connectivity index (χ4n) is 6.26. The second kappa shape index (κ2) is 16.5. The Balaban J connectivity index is 1.12. The van der Waals surface area contributed by atoms with Crippen molar-refractivity contribution >= 4 is 34.4 Å². The van der Waals surface area contributed by atoms with Crippen LogP contribution in [0.2, 0.25) is 5.02 Å². The van der Waals surface area contributed by atoms with E-state index in [4.69, 9.17) is 22.1 Å². The van der Waals surface area contributed by atoms with Gasteiger partial charge >= 0.3 is 5.97 Å². The van der Waals surface area contributed by atoms with E-state index >= 15 is 0 Å². The largest absolute Gasteiger partial charge is 0.480 e. The van der Waals surface area contributed by atoms with Gasteiger partial charge in [-0.05, 0) is 93.3 Å². The third-order valence-electron chi connectivity index (χ3n) is 8.90. The summed E-state index contributed by atoms with van der Waals surface area (Å²) in [6.45, 7) is 2.87. The lowest BCUT2D eigenvalue weighted by molar-refractivity contribution is -0.138. The van der Waals surface area contributed by atoms with E-state index < -0.39 is 30.0 Å². The molecule has 1 saturated carbocycles. The number of anilines is 1. The summed E-state index contributed by atoms with van der Waals surface area (Å²) in [4.78, 5) is 22.2. The minimum Gasteiger partial charge on any atom is -0.480 e. The van der Waals surface area contributed by atoms with Gasteiger partial charge in [0.15, 0.2) is 11.6 Å². The van der Waals surface area contributed by atoms with Gasteiger partial charge in [-0.2, -0.15) is 0 Å². The molecule has 5 atom stereocenters. The molecule has 1 fully saturated rings. The van der Waals surface area contributed by atoms with E-state index in [0.717, 1.165) is 17.4 Å². The third-order valence-corrected chi connectivity index (χ3v) is 9.15. The van der Waals surface area contributed by atoms with Crippen LogP contribution in [0.4, 0.5) is 10.2 Å². The number of benzene rings is 2. The minimum atomic E-state index is -1.06. The Morgan fingerprint density at radius 3 is 2.67 bits per heavy atom. The van der Waals surface area contributed by atoms with Gasteiger partial charge in [0.25, 0.3) is 0 Å². The Morgan fingerprint density at radius 2 is 1.94 bits per heavy atom. The van der Waals surface area contributed by atoms with E-state index in [1.807, 2.05) is 22.9 Å². The van der Waals surface area contributed by atoms with E-state index in [-0.39, 0.29) is 24.1 Å². The quantitative estimate of drug-likeness (QED) is 0.0898. The molecule has 7 N–H and O–H groups in total. The van der Waals surface area contributed by atoms with Crippen LogP contribution in [0, 0.1) is 11.7 Å². The standard InChI is InChI=1S/C34H43ClFN7O5/c1-38-32-25-10-16-43(33(25)41-20-40-32)28-18-22(30(44)31(28)45)19-42(15-11-27(37)34(46)47)14-2-12-39-13-9-21-3-8-29(26(36)17-21)48-24-6-4-23(35)5-7-24/h3-8,10,16-17,20,22,27-28,30-31,39,44-45H,2,9,11-15,18-19,37H2,1H3,(H,46,47)(H,38,40,41)/t22-,27?,28-,30-,31+/m1/s1. The monoisotopic (exact) mass is 683 g/mol. The first-order valence-corrected chi connectivity index (χ1v) is 16.5. The molecule has 0 spiro atoms. The number of hydrogen-bond acceptors (Lipinski definition) is 10. The molecule has 12 nitrogen and oxygen atoms in total. The molecule has 258 valence electrons. The van der Waals surface area contributed by atoms with Crippen molar-refractivity contribution in [2.24, 2.45) is 11.7 Å². The summed E-state index contributed by atoms with van der Waals surface area (Å²) in [7, 11) is 1.78. The normalized spacial score (nSPS) is 20.0. The Bertz CT molecular complexity index is 1660. The first-order valence-electron chi connectivity index (χ1n) is 16.1. The number of carboxylic acid groups (broad SMARTS) is 1. The zero-order valence-electron chi connectivity index (χ0n) is 26.8. The number of fused-ring (bicyclic) bond motifs is 1. The van der Waals surface area contributed by atoms with E-state index in [0.29, 0.717) is 67.8 Å². The molecule has 2 aromatic carbocycles. The van der Waals surface area contributed by atoms with E-state index in [9.17, 15) is 24.5 Å². The predicted octanol–water partition coefficient (Wildman–Crippen LogP) is 3.67. The number of ether oxygens (including phenoxy) is 1. The Hall–Kier alpha value is -3.85. The molecular formula is C34H43ClFN7O5. The Morgan fingerprint density at radius 1 is 1.15 bits per heavy atom. The zero-order chi connectivity index (χ0) is 34.2. The highest BCUT2D eigenvalue weighted by atomic mass is 35.5. The molecule has 0 saturated heterocycles. The number of nitrogens with two attached hydrogens (primary N) is 1. The van der Waals surface area contributed by atoms with E-state index in [1.54, 1.807) is 37.4 Å².